The number of aliphatic hydroxyl groups excluding tert-OH is 1. The fourth-order valence-electron chi connectivity index (χ4n) is 5.66. The van der Waals surface area contributed by atoms with Crippen LogP contribution in [0.1, 0.15) is 30.6 Å². The van der Waals surface area contributed by atoms with Crippen LogP contribution in [-0.4, -0.2) is 121 Å². The summed E-state index contributed by atoms with van der Waals surface area (Å²) in [6, 6.07) is 5.57. The first-order valence-corrected chi connectivity index (χ1v) is 15.1. The topological polar surface area (TPSA) is 125 Å². The van der Waals surface area contributed by atoms with Crippen molar-refractivity contribution < 1.29 is 29.0 Å². The highest BCUT2D eigenvalue weighted by molar-refractivity contribution is 7.14. The van der Waals surface area contributed by atoms with E-state index in [-0.39, 0.29) is 36.7 Å². The summed E-state index contributed by atoms with van der Waals surface area (Å²) in [5.74, 6) is -1.14. The number of hydrogen-bond donors (Lipinski definition) is 2. The van der Waals surface area contributed by atoms with Gasteiger partial charge in [-0.15, -0.1) is 11.3 Å². The number of benzene rings is 1. The number of likely N-dealkylation sites (tertiary alicyclic amines) is 1. The standard InChI is InChI=1S/C29H39N5O6S/c1-4-18(2)24(28(38)34-15-22(35)26-25(34)23(36)16-40-26)31-27(37)20-7-5-19(6-8-20)21-17-41-29(30-21)33-11-9-32(10-12-33)13-14-39-3/h5-8,17-18,22,24-26,35H,4,9-16H2,1-3H3,(H,31,37)/t18-,22-,24-,25+,26-/m0/s1. The van der Waals surface area contributed by atoms with Crippen LogP contribution >= 0.6 is 11.3 Å². The molecule has 11 nitrogen and oxygen atoms in total. The van der Waals surface area contributed by atoms with Crippen LogP contribution < -0.4 is 10.2 Å². The van der Waals surface area contributed by atoms with Crippen LogP contribution in [0.4, 0.5) is 5.13 Å². The van der Waals surface area contributed by atoms with Gasteiger partial charge in [0.25, 0.3) is 5.91 Å². The summed E-state index contributed by atoms with van der Waals surface area (Å²) < 4.78 is 10.6. The molecule has 0 saturated carbocycles. The molecular weight excluding hydrogens is 546 g/mol. The molecule has 3 fully saturated rings. The third-order valence-electron chi connectivity index (χ3n) is 8.40. The predicted molar refractivity (Wildman–Crippen MR) is 155 cm³/mol. The number of aromatic nitrogens is 1. The van der Waals surface area contributed by atoms with Crippen LogP contribution in [0.15, 0.2) is 29.6 Å². The maximum atomic E-state index is 13.6. The van der Waals surface area contributed by atoms with E-state index in [9.17, 15) is 19.5 Å². The van der Waals surface area contributed by atoms with Crippen molar-refractivity contribution in [3.05, 3.63) is 35.2 Å². The second kappa shape index (κ2) is 13.0. The fraction of sp³-hybridized carbons (Fsp3) is 0.586. The molecule has 2 aromatic rings. The smallest absolute Gasteiger partial charge is 0.251 e. The number of thiazole rings is 1. The fourth-order valence-corrected chi connectivity index (χ4v) is 6.55. The van der Waals surface area contributed by atoms with Gasteiger partial charge in [-0.05, 0) is 18.1 Å². The average molecular weight is 586 g/mol. The van der Waals surface area contributed by atoms with Gasteiger partial charge in [-0.1, -0.05) is 32.4 Å². The maximum absolute atomic E-state index is 13.6. The third-order valence-corrected chi connectivity index (χ3v) is 9.30. The Morgan fingerprint density at radius 2 is 1.95 bits per heavy atom. The summed E-state index contributed by atoms with van der Waals surface area (Å²) in [5, 5.41) is 16.3. The van der Waals surface area contributed by atoms with Crippen molar-refractivity contribution >= 4 is 34.1 Å². The van der Waals surface area contributed by atoms with Crippen molar-refractivity contribution in [1.29, 1.82) is 0 Å². The zero-order valence-electron chi connectivity index (χ0n) is 23.8. The Kier molecular flexibility index (Phi) is 9.35. The lowest BCUT2D eigenvalue weighted by Gasteiger charge is -2.34. The Morgan fingerprint density at radius 1 is 1.22 bits per heavy atom. The van der Waals surface area contributed by atoms with Crippen LogP contribution in [0.5, 0.6) is 0 Å². The number of hydrogen-bond acceptors (Lipinski definition) is 10. The Morgan fingerprint density at radius 3 is 2.63 bits per heavy atom. The zero-order chi connectivity index (χ0) is 29.1. The second-order valence-electron chi connectivity index (χ2n) is 11.0. The summed E-state index contributed by atoms with van der Waals surface area (Å²) in [5.41, 5.74) is 2.20. The van der Waals surface area contributed by atoms with Gasteiger partial charge < -0.3 is 29.7 Å². The van der Waals surface area contributed by atoms with Crippen molar-refractivity contribution in [2.45, 2.75) is 44.6 Å². The molecule has 0 aliphatic carbocycles. The summed E-state index contributed by atoms with van der Waals surface area (Å²) in [6.45, 7) is 9.21. The van der Waals surface area contributed by atoms with E-state index in [1.807, 2.05) is 31.4 Å². The molecule has 5 rings (SSSR count). The second-order valence-corrected chi connectivity index (χ2v) is 11.8. The first-order valence-electron chi connectivity index (χ1n) is 14.3. The first-order chi connectivity index (χ1) is 19.8. The molecule has 2 N–H and O–H groups in total. The SMILES string of the molecule is CC[C@H](C)[C@H](NC(=O)c1ccc(-c2csc(N3CCN(CCOC)CC3)n2)cc1)C(=O)N1C[C@H](O)[C@@H]2OCC(=O)[C@H]21. The van der Waals surface area contributed by atoms with Crippen LogP contribution in [0.2, 0.25) is 0 Å². The van der Waals surface area contributed by atoms with E-state index < -0.39 is 24.3 Å². The summed E-state index contributed by atoms with van der Waals surface area (Å²) in [7, 11) is 1.73. The lowest BCUT2D eigenvalue weighted by molar-refractivity contribution is -0.139. The Balaban J connectivity index is 1.22. The number of fused-ring (bicyclic) bond motifs is 1. The van der Waals surface area contributed by atoms with E-state index in [0.717, 1.165) is 55.7 Å². The Bertz CT molecular complexity index is 1230. The molecule has 0 unspecified atom stereocenters. The molecule has 5 atom stereocenters. The van der Waals surface area contributed by atoms with Gasteiger partial charge in [-0.25, -0.2) is 4.98 Å². The number of piperazine rings is 1. The number of aliphatic hydroxyl groups is 1. The number of ketones is 1. The number of β-amino-alcohol motifs (C(OH)–C–C–N with tert-alkyl or cyclic N) is 1. The molecule has 2 amide bonds. The number of rotatable bonds is 10. The lowest BCUT2D eigenvalue weighted by atomic mass is 9.96. The number of amides is 2. The third kappa shape index (κ3) is 6.31. The normalized spacial score (nSPS) is 24.4. The van der Waals surface area contributed by atoms with Crippen molar-refractivity contribution in [3.63, 3.8) is 0 Å². The molecule has 1 aromatic carbocycles. The number of Topliss-reactive ketones (excluding diaryl/α,β-unsaturated/α-hetero) is 1. The highest BCUT2D eigenvalue weighted by Crippen LogP contribution is 2.30. The lowest BCUT2D eigenvalue weighted by Crippen LogP contribution is -2.54. The molecule has 0 spiro atoms. The van der Waals surface area contributed by atoms with E-state index in [4.69, 9.17) is 14.5 Å². The first kappa shape index (κ1) is 29.6. The van der Waals surface area contributed by atoms with Crippen LogP contribution in [0.3, 0.4) is 0 Å². The number of ether oxygens (including phenoxy) is 2. The van der Waals surface area contributed by atoms with Crippen LogP contribution in [0.25, 0.3) is 11.3 Å². The average Bonchev–Trinajstić information content (AvgIpc) is 3.72. The van der Waals surface area contributed by atoms with Gasteiger partial charge in [0.2, 0.25) is 5.91 Å². The van der Waals surface area contributed by atoms with Crippen molar-refractivity contribution in [2.24, 2.45) is 5.92 Å². The van der Waals surface area contributed by atoms with E-state index >= 15 is 0 Å². The Hall–Kier alpha value is -2.90. The number of carbonyl (C=O) groups excluding carboxylic acids is 3. The van der Waals surface area contributed by atoms with Crippen molar-refractivity contribution in [3.8, 4) is 11.3 Å². The van der Waals surface area contributed by atoms with E-state index in [0.29, 0.717) is 12.0 Å². The van der Waals surface area contributed by atoms with Crippen molar-refractivity contribution in [2.75, 3.05) is 64.5 Å². The highest BCUT2D eigenvalue weighted by Gasteiger charge is 2.53. The monoisotopic (exact) mass is 585 g/mol. The summed E-state index contributed by atoms with van der Waals surface area (Å²) in [4.78, 5) is 50.1. The van der Waals surface area contributed by atoms with Crippen LogP contribution in [-0.2, 0) is 19.1 Å². The van der Waals surface area contributed by atoms with Gasteiger partial charge >= 0.3 is 0 Å². The number of anilines is 1. The van der Waals surface area contributed by atoms with E-state index in [1.54, 1.807) is 30.6 Å². The van der Waals surface area contributed by atoms with Gasteiger partial charge in [0.1, 0.15) is 30.9 Å². The highest BCUT2D eigenvalue weighted by atomic mass is 32.1. The quantitative estimate of drug-likeness (QED) is 0.424. The van der Waals surface area contributed by atoms with Gasteiger partial charge in [0, 0.05) is 56.3 Å². The van der Waals surface area contributed by atoms with E-state index in [1.165, 1.54) is 4.90 Å². The molecule has 0 radical (unpaired) electrons. The number of nitrogens with zero attached hydrogens (tertiary/aromatic N) is 4. The summed E-state index contributed by atoms with van der Waals surface area (Å²) in [6.07, 6.45) is -0.976. The zero-order valence-corrected chi connectivity index (χ0v) is 24.6. The molecule has 3 aliphatic heterocycles. The van der Waals surface area contributed by atoms with Gasteiger partial charge in [-0.3, -0.25) is 19.3 Å². The van der Waals surface area contributed by atoms with Gasteiger partial charge in [-0.2, -0.15) is 0 Å². The molecule has 222 valence electrons. The predicted octanol–water partition coefficient (Wildman–Crippen LogP) is 1.26. The molecule has 0 bridgehead atoms. The maximum Gasteiger partial charge on any atom is 0.251 e. The molecule has 1 aromatic heterocycles. The Labute approximate surface area is 244 Å². The minimum Gasteiger partial charge on any atom is -0.388 e. The molecule has 41 heavy (non-hydrogen) atoms. The number of carbonyl (C=O) groups is 3. The number of nitrogens with one attached hydrogen (secondary N) is 1. The molecular formula is C29H39N5O6S. The largest absolute Gasteiger partial charge is 0.388 e. The molecule has 4 heterocycles. The molecule has 3 aliphatic rings. The summed E-state index contributed by atoms with van der Waals surface area (Å²) >= 11 is 1.62. The van der Waals surface area contributed by atoms with E-state index in [2.05, 4.69) is 15.1 Å². The molecule has 12 heteroatoms. The van der Waals surface area contributed by atoms with Crippen LogP contribution in [0, 0.1) is 5.92 Å². The van der Waals surface area contributed by atoms with Gasteiger partial charge in [0.05, 0.1) is 18.8 Å². The minimum atomic E-state index is -0.923. The van der Waals surface area contributed by atoms with Crippen molar-refractivity contribution in [1.82, 2.24) is 20.1 Å². The van der Waals surface area contributed by atoms with Gasteiger partial charge in [0.15, 0.2) is 10.9 Å². The molecule has 3 saturated heterocycles. The number of methoxy groups -OCH3 is 1. The minimum absolute atomic E-state index is 0.0105.